The number of alkyl halides is 9. The van der Waals surface area contributed by atoms with Gasteiger partial charge in [-0.05, 0) is 43.2 Å². The van der Waals surface area contributed by atoms with E-state index in [1.54, 1.807) is 6.92 Å². The predicted octanol–water partition coefficient (Wildman–Crippen LogP) is 7.29. The van der Waals surface area contributed by atoms with Gasteiger partial charge in [0, 0.05) is 17.3 Å². The van der Waals surface area contributed by atoms with Crippen molar-refractivity contribution in [3.63, 3.8) is 0 Å². The van der Waals surface area contributed by atoms with Crippen LogP contribution in [0, 0.1) is 6.57 Å². The lowest BCUT2D eigenvalue weighted by atomic mass is 10.0. The third-order valence-electron chi connectivity index (χ3n) is 5.63. The molecular formula is C22H13F9N4O. The highest BCUT2D eigenvalue weighted by atomic mass is 19.4. The molecule has 1 unspecified atom stereocenters. The lowest BCUT2D eigenvalue weighted by Gasteiger charge is -2.23. The van der Waals surface area contributed by atoms with Gasteiger partial charge in [-0.1, -0.05) is 11.2 Å². The molecular weight excluding hydrogens is 507 g/mol. The summed E-state index contributed by atoms with van der Waals surface area (Å²) in [6.45, 7) is 8.38. The van der Waals surface area contributed by atoms with Crippen molar-refractivity contribution in [1.82, 2.24) is 10.1 Å². The molecule has 0 amide bonds. The Morgan fingerprint density at radius 3 is 2.11 bits per heavy atom. The molecule has 0 N–H and O–H groups in total. The van der Waals surface area contributed by atoms with Crippen LogP contribution >= 0.6 is 0 Å². The molecule has 1 aliphatic rings. The summed E-state index contributed by atoms with van der Waals surface area (Å²) in [4.78, 5) is 8.30. The summed E-state index contributed by atoms with van der Waals surface area (Å²) in [7, 11) is 0. The Bertz CT molecular complexity index is 1320. The van der Waals surface area contributed by atoms with Crippen molar-refractivity contribution in [2.45, 2.75) is 44.5 Å². The molecule has 0 aliphatic carbocycles. The highest BCUT2D eigenvalue weighted by Crippen LogP contribution is 2.46. The number of anilines is 1. The summed E-state index contributed by atoms with van der Waals surface area (Å²) in [5.74, 6) is -0.786. The van der Waals surface area contributed by atoms with Gasteiger partial charge in [-0.2, -0.15) is 44.5 Å². The summed E-state index contributed by atoms with van der Waals surface area (Å²) < 4.78 is 125. The molecule has 14 heteroatoms. The topological polar surface area (TPSA) is 46.5 Å². The number of fused-ring (bicyclic) bond motifs is 1. The fourth-order valence-corrected chi connectivity index (χ4v) is 4.06. The summed E-state index contributed by atoms with van der Waals surface area (Å²) in [6, 6.07) is 2.70. The Morgan fingerprint density at radius 1 is 0.972 bits per heavy atom. The van der Waals surface area contributed by atoms with Crippen molar-refractivity contribution in [3.8, 4) is 11.4 Å². The molecule has 2 heterocycles. The molecule has 5 nitrogen and oxygen atoms in total. The molecule has 0 saturated heterocycles. The Balaban J connectivity index is 1.69. The molecule has 0 bridgehead atoms. The van der Waals surface area contributed by atoms with Crippen LogP contribution in [-0.2, 0) is 31.5 Å². The molecule has 0 saturated carbocycles. The fraction of sp³-hybridized carbons (Fsp3) is 0.318. The minimum Gasteiger partial charge on any atom is -0.359 e. The summed E-state index contributed by atoms with van der Waals surface area (Å²) in [5.41, 5.74) is -5.27. The monoisotopic (exact) mass is 520 g/mol. The van der Waals surface area contributed by atoms with Gasteiger partial charge in [0.2, 0.25) is 11.7 Å². The van der Waals surface area contributed by atoms with Crippen LogP contribution in [0.1, 0.15) is 35.1 Å². The van der Waals surface area contributed by atoms with Crippen molar-refractivity contribution in [2.75, 3.05) is 4.90 Å². The first-order valence-corrected chi connectivity index (χ1v) is 10.1. The van der Waals surface area contributed by atoms with E-state index < -0.39 is 58.3 Å². The zero-order chi connectivity index (χ0) is 26.6. The third-order valence-corrected chi connectivity index (χ3v) is 5.63. The Kier molecular flexibility index (Phi) is 5.93. The first-order valence-electron chi connectivity index (χ1n) is 10.1. The second kappa shape index (κ2) is 8.42. The predicted molar refractivity (Wildman–Crippen MR) is 107 cm³/mol. The lowest BCUT2D eigenvalue weighted by Crippen LogP contribution is -2.28. The Hall–Kier alpha value is -3.76. The molecule has 4 rings (SSSR count). The van der Waals surface area contributed by atoms with Gasteiger partial charge < -0.3 is 9.42 Å². The van der Waals surface area contributed by atoms with Crippen LogP contribution in [0.2, 0.25) is 0 Å². The fourth-order valence-electron chi connectivity index (χ4n) is 4.06. The maximum atomic E-state index is 13.6. The molecule has 0 fully saturated rings. The molecule has 0 spiro atoms. The SMILES string of the molecule is [C-]#[N+]c1ccc2c(c1C(F)(F)F)CC(C)N2Cc1nc(-c2cc(C(F)(F)F)cc(C(F)(F)F)c2)no1. The summed E-state index contributed by atoms with van der Waals surface area (Å²) in [6.07, 6.45) is -15.0. The molecule has 190 valence electrons. The zero-order valence-electron chi connectivity index (χ0n) is 18.0. The average molecular weight is 520 g/mol. The van der Waals surface area contributed by atoms with E-state index >= 15 is 0 Å². The van der Waals surface area contributed by atoms with Crippen molar-refractivity contribution in [3.05, 3.63) is 69.9 Å². The summed E-state index contributed by atoms with van der Waals surface area (Å²) >= 11 is 0. The first kappa shape index (κ1) is 25.3. The van der Waals surface area contributed by atoms with Gasteiger partial charge in [0.25, 0.3) is 0 Å². The van der Waals surface area contributed by atoms with E-state index in [0.717, 1.165) is 6.07 Å². The minimum atomic E-state index is -5.07. The van der Waals surface area contributed by atoms with Crippen molar-refractivity contribution in [2.24, 2.45) is 0 Å². The maximum absolute atomic E-state index is 13.6. The number of hydrogen-bond donors (Lipinski definition) is 0. The van der Waals surface area contributed by atoms with Gasteiger partial charge in [-0.3, -0.25) is 0 Å². The molecule has 3 aromatic rings. The van der Waals surface area contributed by atoms with E-state index in [2.05, 4.69) is 15.0 Å². The molecule has 0 radical (unpaired) electrons. The van der Waals surface area contributed by atoms with Gasteiger partial charge in [-0.15, -0.1) is 0 Å². The van der Waals surface area contributed by atoms with Gasteiger partial charge in [0.1, 0.15) is 0 Å². The summed E-state index contributed by atoms with van der Waals surface area (Å²) in [5, 5.41) is 3.47. The van der Waals surface area contributed by atoms with Crippen molar-refractivity contribution in [1.29, 1.82) is 0 Å². The highest BCUT2D eigenvalue weighted by molar-refractivity contribution is 5.71. The van der Waals surface area contributed by atoms with Gasteiger partial charge in [-0.25, -0.2) is 4.85 Å². The van der Waals surface area contributed by atoms with Crippen LogP contribution in [0.4, 0.5) is 50.9 Å². The number of nitrogens with zero attached hydrogens (tertiary/aromatic N) is 4. The molecule has 36 heavy (non-hydrogen) atoms. The largest absolute Gasteiger partial charge is 0.416 e. The average Bonchev–Trinajstić information content (AvgIpc) is 3.35. The Morgan fingerprint density at radius 2 is 1.58 bits per heavy atom. The van der Waals surface area contributed by atoms with E-state index in [0.29, 0.717) is 12.1 Å². The van der Waals surface area contributed by atoms with Crippen molar-refractivity contribution < 1.29 is 44.0 Å². The van der Waals surface area contributed by atoms with Gasteiger partial charge >= 0.3 is 18.5 Å². The molecule has 1 aromatic heterocycles. The minimum absolute atomic E-state index is 0.0387. The van der Waals surface area contributed by atoms with Crippen LogP contribution < -0.4 is 4.90 Å². The van der Waals surface area contributed by atoms with E-state index in [9.17, 15) is 39.5 Å². The van der Waals surface area contributed by atoms with E-state index in [1.165, 1.54) is 11.0 Å². The standard InChI is InChI=1S/C22H13F9N4O/c1-10-5-14-16(4-3-15(32-2)18(14)22(29,30)31)35(10)9-17-33-19(34-36-17)11-6-12(20(23,24)25)8-13(7-11)21(26,27)28/h3-4,6-8,10H,5,9H2,1H3. The number of halogens is 9. The quantitative estimate of drug-likeness (QED) is 0.269. The van der Waals surface area contributed by atoms with Gasteiger partial charge in [0.15, 0.2) is 5.69 Å². The van der Waals surface area contributed by atoms with Crippen molar-refractivity contribution >= 4 is 11.4 Å². The van der Waals surface area contributed by atoms with Crippen LogP contribution in [0.3, 0.4) is 0 Å². The number of rotatable bonds is 3. The zero-order valence-corrected chi connectivity index (χ0v) is 18.0. The number of benzene rings is 2. The maximum Gasteiger partial charge on any atom is 0.416 e. The molecule has 2 aromatic carbocycles. The van der Waals surface area contributed by atoms with E-state index in [-0.39, 0.29) is 36.2 Å². The lowest BCUT2D eigenvalue weighted by molar-refractivity contribution is -0.143. The normalized spacial score (nSPS) is 16.2. The van der Waals surface area contributed by atoms with E-state index in [4.69, 9.17) is 11.1 Å². The third kappa shape index (κ3) is 4.69. The van der Waals surface area contributed by atoms with Crippen LogP contribution in [0.25, 0.3) is 16.2 Å². The Labute approximate surface area is 196 Å². The van der Waals surface area contributed by atoms with Crippen LogP contribution in [0.5, 0.6) is 0 Å². The van der Waals surface area contributed by atoms with Crippen LogP contribution in [0.15, 0.2) is 34.9 Å². The van der Waals surface area contributed by atoms with E-state index in [1.807, 2.05) is 0 Å². The second-order valence-electron chi connectivity index (χ2n) is 8.05. The number of hydrogen-bond acceptors (Lipinski definition) is 4. The van der Waals surface area contributed by atoms with Gasteiger partial charge in [0.05, 0.1) is 29.8 Å². The van der Waals surface area contributed by atoms with Crippen LogP contribution in [-0.4, -0.2) is 16.2 Å². The number of aromatic nitrogens is 2. The highest BCUT2D eigenvalue weighted by Gasteiger charge is 2.41. The smallest absolute Gasteiger partial charge is 0.359 e. The molecule has 1 atom stereocenters. The molecule has 1 aliphatic heterocycles. The first-order chi connectivity index (χ1) is 16.6. The second-order valence-corrected chi connectivity index (χ2v) is 8.05.